The molecule has 6 nitrogen and oxygen atoms in total. The van der Waals surface area contributed by atoms with Crippen molar-refractivity contribution >= 4 is 17.6 Å². The van der Waals surface area contributed by atoms with E-state index in [9.17, 15) is 4.79 Å². The number of nitrogens with one attached hydrogen (secondary N) is 1. The van der Waals surface area contributed by atoms with Gasteiger partial charge >= 0.3 is 5.97 Å². The van der Waals surface area contributed by atoms with Crippen LogP contribution in [0.15, 0.2) is 0 Å². The van der Waals surface area contributed by atoms with Crippen molar-refractivity contribution in [2.45, 2.75) is 25.8 Å². The summed E-state index contributed by atoms with van der Waals surface area (Å²) in [5.41, 5.74) is 6.30. The Labute approximate surface area is 100 Å². The zero-order valence-corrected chi connectivity index (χ0v) is 10.4. The number of nitrogen functional groups attached to an aromatic ring is 1. The van der Waals surface area contributed by atoms with E-state index >= 15 is 0 Å². The van der Waals surface area contributed by atoms with Crippen LogP contribution in [0.3, 0.4) is 0 Å². The van der Waals surface area contributed by atoms with Crippen molar-refractivity contribution in [2.75, 3.05) is 25.2 Å². The van der Waals surface area contributed by atoms with Gasteiger partial charge < -0.3 is 15.8 Å². The van der Waals surface area contributed by atoms with Crippen molar-refractivity contribution in [1.82, 2.24) is 9.78 Å². The minimum atomic E-state index is -0.457. The lowest BCUT2D eigenvalue weighted by Gasteiger charge is -2.12. The fourth-order valence-corrected chi connectivity index (χ4v) is 2.01. The van der Waals surface area contributed by atoms with E-state index in [1.807, 2.05) is 0 Å². The molecule has 1 saturated carbocycles. The standard InChI is InChI=1S/C11H18N4O2/c1-6(7-4-5-7)15-9(12)8(11(16)17-3)10(13-2)14-15/h6-7H,4-5,12H2,1-3H3,(H,13,14). The minimum Gasteiger partial charge on any atom is -0.465 e. The largest absolute Gasteiger partial charge is 0.465 e. The van der Waals surface area contributed by atoms with Gasteiger partial charge in [0.1, 0.15) is 11.4 Å². The topological polar surface area (TPSA) is 82.2 Å². The van der Waals surface area contributed by atoms with Crippen LogP contribution in [-0.4, -0.2) is 29.9 Å². The number of anilines is 2. The first-order chi connectivity index (χ1) is 8.10. The molecule has 0 radical (unpaired) electrons. The first-order valence-electron chi connectivity index (χ1n) is 5.74. The molecule has 0 spiro atoms. The summed E-state index contributed by atoms with van der Waals surface area (Å²) in [5.74, 6) is 1.01. The number of nitrogens with zero attached hydrogens (tertiary/aromatic N) is 2. The highest BCUT2D eigenvalue weighted by Crippen LogP contribution is 2.41. The second-order valence-electron chi connectivity index (χ2n) is 4.37. The third kappa shape index (κ3) is 1.94. The van der Waals surface area contributed by atoms with E-state index in [1.54, 1.807) is 11.7 Å². The van der Waals surface area contributed by atoms with E-state index < -0.39 is 5.97 Å². The van der Waals surface area contributed by atoms with Crippen LogP contribution in [0.2, 0.25) is 0 Å². The molecule has 17 heavy (non-hydrogen) atoms. The predicted molar refractivity (Wildman–Crippen MR) is 65.0 cm³/mol. The molecule has 0 aromatic carbocycles. The molecule has 1 aromatic rings. The van der Waals surface area contributed by atoms with Crippen molar-refractivity contribution in [3.8, 4) is 0 Å². The van der Waals surface area contributed by atoms with E-state index in [-0.39, 0.29) is 6.04 Å². The normalized spacial score (nSPS) is 16.6. The van der Waals surface area contributed by atoms with E-state index in [0.29, 0.717) is 23.1 Å². The first kappa shape index (κ1) is 11.8. The lowest BCUT2D eigenvalue weighted by atomic mass is 10.2. The summed E-state index contributed by atoms with van der Waals surface area (Å²) in [4.78, 5) is 11.6. The van der Waals surface area contributed by atoms with E-state index in [0.717, 1.165) is 0 Å². The molecular formula is C11H18N4O2. The number of ether oxygens (including phenoxy) is 1. The van der Waals surface area contributed by atoms with Crippen molar-refractivity contribution in [2.24, 2.45) is 5.92 Å². The van der Waals surface area contributed by atoms with E-state index in [4.69, 9.17) is 10.5 Å². The summed E-state index contributed by atoms with van der Waals surface area (Å²) in [5, 5.41) is 7.21. The third-order valence-corrected chi connectivity index (χ3v) is 3.26. The number of esters is 1. The Bertz CT molecular complexity index is 437. The van der Waals surface area contributed by atoms with Gasteiger partial charge in [0.05, 0.1) is 13.2 Å². The summed E-state index contributed by atoms with van der Waals surface area (Å²) in [6, 6.07) is 0.223. The zero-order chi connectivity index (χ0) is 12.6. The molecule has 1 unspecified atom stereocenters. The maximum absolute atomic E-state index is 11.6. The lowest BCUT2D eigenvalue weighted by molar-refractivity contribution is 0.0603. The summed E-state index contributed by atoms with van der Waals surface area (Å²) in [6.45, 7) is 2.07. The lowest BCUT2D eigenvalue weighted by Crippen LogP contribution is -2.13. The van der Waals surface area contributed by atoms with Gasteiger partial charge in [-0.25, -0.2) is 9.48 Å². The Kier molecular flexibility index (Phi) is 2.95. The Morgan fingerprint density at radius 2 is 2.29 bits per heavy atom. The average molecular weight is 238 g/mol. The molecule has 0 saturated heterocycles. The number of hydrogen-bond acceptors (Lipinski definition) is 5. The predicted octanol–water partition coefficient (Wildman–Crippen LogP) is 1.26. The maximum Gasteiger partial charge on any atom is 0.345 e. The van der Waals surface area contributed by atoms with Gasteiger partial charge in [-0.2, -0.15) is 5.10 Å². The molecule has 0 aliphatic heterocycles. The minimum absolute atomic E-state index is 0.223. The smallest absolute Gasteiger partial charge is 0.345 e. The fraction of sp³-hybridized carbons (Fsp3) is 0.636. The number of carbonyl (C=O) groups is 1. The molecule has 0 amide bonds. The van der Waals surface area contributed by atoms with Crippen molar-refractivity contribution in [3.05, 3.63) is 5.56 Å². The van der Waals surface area contributed by atoms with Crippen LogP contribution in [-0.2, 0) is 4.74 Å². The number of nitrogens with two attached hydrogens (primary N) is 1. The Hall–Kier alpha value is -1.72. The van der Waals surface area contributed by atoms with Crippen LogP contribution in [0.1, 0.15) is 36.2 Å². The Balaban J connectivity index is 2.40. The molecule has 6 heteroatoms. The first-order valence-corrected chi connectivity index (χ1v) is 5.74. The number of hydrogen-bond donors (Lipinski definition) is 2. The summed E-state index contributed by atoms with van der Waals surface area (Å²) in [6.07, 6.45) is 2.39. The van der Waals surface area contributed by atoms with Crippen LogP contribution in [0.4, 0.5) is 11.6 Å². The number of aromatic nitrogens is 2. The van der Waals surface area contributed by atoms with Gasteiger partial charge in [0, 0.05) is 7.05 Å². The average Bonchev–Trinajstić information content (AvgIpc) is 3.11. The summed E-state index contributed by atoms with van der Waals surface area (Å²) in [7, 11) is 3.04. The molecule has 94 valence electrons. The van der Waals surface area contributed by atoms with E-state index in [1.165, 1.54) is 20.0 Å². The Morgan fingerprint density at radius 1 is 1.65 bits per heavy atom. The van der Waals surface area contributed by atoms with E-state index in [2.05, 4.69) is 17.3 Å². The van der Waals surface area contributed by atoms with Crippen molar-refractivity contribution < 1.29 is 9.53 Å². The van der Waals surface area contributed by atoms with Crippen LogP contribution >= 0.6 is 0 Å². The van der Waals surface area contributed by atoms with Crippen LogP contribution < -0.4 is 11.1 Å². The van der Waals surface area contributed by atoms with Gasteiger partial charge in [-0.15, -0.1) is 0 Å². The van der Waals surface area contributed by atoms with Gasteiger partial charge in [-0.1, -0.05) is 0 Å². The van der Waals surface area contributed by atoms with Gasteiger partial charge in [-0.3, -0.25) is 0 Å². The second-order valence-corrected chi connectivity index (χ2v) is 4.37. The third-order valence-electron chi connectivity index (χ3n) is 3.26. The monoisotopic (exact) mass is 238 g/mol. The molecule has 1 aromatic heterocycles. The molecule has 0 bridgehead atoms. The molecular weight excluding hydrogens is 220 g/mol. The highest BCUT2D eigenvalue weighted by Gasteiger charge is 2.33. The maximum atomic E-state index is 11.6. The van der Waals surface area contributed by atoms with Gasteiger partial charge in [-0.05, 0) is 25.7 Å². The molecule has 1 aliphatic carbocycles. The van der Waals surface area contributed by atoms with Gasteiger partial charge in [0.2, 0.25) is 0 Å². The van der Waals surface area contributed by atoms with Crippen LogP contribution in [0.25, 0.3) is 0 Å². The van der Waals surface area contributed by atoms with Gasteiger partial charge in [0.15, 0.2) is 5.82 Å². The van der Waals surface area contributed by atoms with Gasteiger partial charge in [0.25, 0.3) is 0 Å². The highest BCUT2D eigenvalue weighted by molar-refractivity contribution is 5.99. The quantitative estimate of drug-likeness (QED) is 0.772. The zero-order valence-electron chi connectivity index (χ0n) is 10.4. The molecule has 1 fully saturated rings. The van der Waals surface area contributed by atoms with Crippen LogP contribution in [0, 0.1) is 5.92 Å². The second kappa shape index (κ2) is 4.27. The highest BCUT2D eigenvalue weighted by atomic mass is 16.5. The number of methoxy groups -OCH3 is 1. The van der Waals surface area contributed by atoms with Crippen molar-refractivity contribution in [3.63, 3.8) is 0 Å². The number of rotatable bonds is 4. The molecule has 1 heterocycles. The van der Waals surface area contributed by atoms with Crippen LogP contribution in [0.5, 0.6) is 0 Å². The summed E-state index contributed by atoms with van der Waals surface area (Å²) >= 11 is 0. The molecule has 3 N–H and O–H groups in total. The fourth-order valence-electron chi connectivity index (χ4n) is 2.01. The molecule has 1 atom stereocenters. The number of carbonyl (C=O) groups excluding carboxylic acids is 1. The summed E-state index contributed by atoms with van der Waals surface area (Å²) < 4.78 is 6.43. The molecule has 1 aliphatic rings. The Morgan fingerprint density at radius 3 is 2.76 bits per heavy atom. The molecule has 2 rings (SSSR count). The van der Waals surface area contributed by atoms with Crippen molar-refractivity contribution in [1.29, 1.82) is 0 Å². The SMILES string of the molecule is CNc1nn(C(C)C2CC2)c(N)c1C(=O)OC.